The minimum atomic E-state index is -1.08. The second-order valence-corrected chi connectivity index (χ2v) is 13.5. The molecule has 0 aromatic heterocycles. The molecular formula is C30H41N5O8. The van der Waals surface area contributed by atoms with Gasteiger partial charge < -0.3 is 25.6 Å². The third-order valence-corrected chi connectivity index (χ3v) is 9.27. The number of rotatable bonds is 10. The number of ketones is 1. The lowest BCUT2D eigenvalue weighted by Crippen LogP contribution is -2.61. The van der Waals surface area contributed by atoms with Gasteiger partial charge in [0.1, 0.15) is 17.8 Å². The topological polar surface area (TPSA) is 177 Å². The fourth-order valence-electron chi connectivity index (χ4n) is 6.35. The number of nitrogens with one attached hydrogen (secondary N) is 3. The summed E-state index contributed by atoms with van der Waals surface area (Å²) in [5, 5.41) is 18.7. The van der Waals surface area contributed by atoms with Gasteiger partial charge in [0.15, 0.2) is 0 Å². The predicted molar refractivity (Wildman–Crippen MR) is 155 cm³/mol. The van der Waals surface area contributed by atoms with Crippen molar-refractivity contribution in [3.63, 3.8) is 0 Å². The van der Waals surface area contributed by atoms with Crippen molar-refractivity contribution in [3.8, 4) is 5.75 Å². The molecule has 1 unspecified atom stereocenters. The van der Waals surface area contributed by atoms with Crippen LogP contribution in [0, 0.1) is 38.7 Å². The first kappa shape index (κ1) is 31.9. The van der Waals surface area contributed by atoms with E-state index in [0.29, 0.717) is 13.0 Å². The summed E-state index contributed by atoms with van der Waals surface area (Å²) >= 11 is 0. The number of nitrogens with zero attached hydrogens (tertiary/aromatic N) is 2. The van der Waals surface area contributed by atoms with Crippen LogP contribution in [0.5, 0.6) is 5.75 Å². The van der Waals surface area contributed by atoms with E-state index in [1.165, 1.54) is 36.2 Å². The second-order valence-electron chi connectivity index (χ2n) is 13.5. The number of carbonyl (C=O) groups excluding carboxylic acids is 5. The quantitative estimate of drug-likeness (QED) is 0.209. The molecule has 1 aromatic rings. The molecule has 1 aliphatic heterocycles. The molecule has 5 atom stereocenters. The molecule has 0 spiro atoms. The van der Waals surface area contributed by atoms with Crippen molar-refractivity contribution in [2.24, 2.45) is 28.6 Å². The second kappa shape index (κ2) is 11.9. The molecule has 43 heavy (non-hydrogen) atoms. The van der Waals surface area contributed by atoms with Gasteiger partial charge in [0.25, 0.3) is 11.6 Å². The zero-order valence-electron chi connectivity index (χ0n) is 25.5. The zero-order valence-corrected chi connectivity index (χ0v) is 25.5. The van der Waals surface area contributed by atoms with E-state index in [-0.39, 0.29) is 34.6 Å². The van der Waals surface area contributed by atoms with Gasteiger partial charge >= 0.3 is 6.09 Å². The van der Waals surface area contributed by atoms with Crippen LogP contribution < -0.4 is 20.7 Å². The van der Waals surface area contributed by atoms with Crippen molar-refractivity contribution in [1.82, 2.24) is 20.9 Å². The van der Waals surface area contributed by atoms with Crippen molar-refractivity contribution in [1.29, 1.82) is 0 Å². The molecule has 3 fully saturated rings. The van der Waals surface area contributed by atoms with Gasteiger partial charge in [0.05, 0.1) is 11.0 Å². The van der Waals surface area contributed by atoms with Gasteiger partial charge in [-0.3, -0.25) is 29.3 Å². The zero-order chi connectivity index (χ0) is 31.9. The Balaban J connectivity index is 1.52. The third kappa shape index (κ3) is 6.65. The van der Waals surface area contributed by atoms with Gasteiger partial charge in [-0.15, -0.1) is 0 Å². The fraction of sp³-hybridized carbons (Fsp3) is 0.633. The molecule has 2 saturated carbocycles. The normalized spacial score (nSPS) is 23.6. The van der Waals surface area contributed by atoms with Crippen molar-refractivity contribution in [2.75, 3.05) is 13.6 Å². The fourth-order valence-corrected chi connectivity index (χ4v) is 6.35. The highest BCUT2D eigenvalue weighted by Gasteiger charge is 2.70. The Bertz CT molecular complexity index is 1300. The first-order valence-electron chi connectivity index (χ1n) is 14.7. The van der Waals surface area contributed by atoms with Crippen LogP contribution in [-0.4, -0.2) is 71.1 Å². The SMILES string of the molecule is CNC(=O)C(=O)C(CC1CCC1)NC(=O)[C@@H]1[C@@H]2[C@H](CN1C(=O)[C@@H](NC(=O)Oc1ccc([N+](=O)[O-])cc1)C(C)(C)C)C2(C)C. The van der Waals surface area contributed by atoms with Gasteiger partial charge in [-0.1, -0.05) is 53.9 Å². The highest BCUT2D eigenvalue weighted by Crippen LogP contribution is 2.65. The van der Waals surface area contributed by atoms with Crippen LogP contribution in [0.1, 0.15) is 60.3 Å². The van der Waals surface area contributed by atoms with E-state index < -0.39 is 58.1 Å². The van der Waals surface area contributed by atoms with E-state index in [0.717, 1.165) is 19.3 Å². The average Bonchev–Trinajstić information content (AvgIpc) is 3.22. The Kier molecular flexibility index (Phi) is 8.85. The Morgan fingerprint density at radius 3 is 2.23 bits per heavy atom. The lowest BCUT2D eigenvalue weighted by Gasteiger charge is -2.38. The van der Waals surface area contributed by atoms with Crippen LogP contribution in [0.15, 0.2) is 24.3 Å². The number of likely N-dealkylation sites (N-methyl/N-ethyl adjacent to an activating group) is 1. The van der Waals surface area contributed by atoms with Gasteiger partial charge in [0.2, 0.25) is 17.6 Å². The van der Waals surface area contributed by atoms with Crippen molar-refractivity contribution in [3.05, 3.63) is 34.4 Å². The first-order chi connectivity index (χ1) is 20.1. The molecule has 1 aromatic carbocycles. The summed E-state index contributed by atoms with van der Waals surface area (Å²) in [6.45, 7) is 9.69. The summed E-state index contributed by atoms with van der Waals surface area (Å²) in [5.74, 6) is -2.25. The molecule has 4 rings (SSSR count). The minimum Gasteiger partial charge on any atom is -0.410 e. The lowest BCUT2D eigenvalue weighted by atomic mass is 9.80. The Hall–Kier alpha value is -4.03. The summed E-state index contributed by atoms with van der Waals surface area (Å²) in [4.78, 5) is 77.7. The van der Waals surface area contributed by atoms with Gasteiger partial charge in [0, 0.05) is 25.7 Å². The maximum atomic E-state index is 14.1. The molecule has 4 amide bonds. The van der Waals surface area contributed by atoms with E-state index in [4.69, 9.17) is 4.74 Å². The number of fused-ring (bicyclic) bond motifs is 1. The highest BCUT2D eigenvalue weighted by atomic mass is 16.6. The van der Waals surface area contributed by atoms with Gasteiger partial charge in [-0.2, -0.15) is 0 Å². The summed E-state index contributed by atoms with van der Waals surface area (Å²) in [6.07, 6.45) is 2.32. The molecule has 234 valence electrons. The highest BCUT2D eigenvalue weighted by molar-refractivity contribution is 6.38. The van der Waals surface area contributed by atoms with Gasteiger partial charge in [-0.25, -0.2) is 4.79 Å². The molecule has 13 heteroatoms. The summed E-state index contributed by atoms with van der Waals surface area (Å²) in [6, 6.07) is 2.00. The molecule has 3 aliphatic rings. The average molecular weight is 600 g/mol. The van der Waals surface area contributed by atoms with Gasteiger partial charge in [-0.05, 0) is 47.1 Å². The number of carbonyl (C=O) groups is 5. The van der Waals surface area contributed by atoms with Crippen LogP contribution in [0.4, 0.5) is 10.5 Å². The molecule has 0 bridgehead atoms. The standard InChI is InChI=1S/C30H41N5O8/c1-29(2,3)24(33-28(40)43-18-12-10-17(11-13-18)35(41)42)27(39)34-15-19-21(30(19,4)5)22(34)25(37)32-20(14-16-8-7-9-16)23(36)26(38)31-6/h10-13,16,19-22,24H,7-9,14-15H2,1-6H3,(H,31,38)(H,32,37)(H,33,40)/t19-,20?,21-,22-,24+/m0/s1. The first-order valence-corrected chi connectivity index (χ1v) is 14.7. The van der Waals surface area contributed by atoms with E-state index >= 15 is 0 Å². The maximum absolute atomic E-state index is 14.1. The Morgan fingerprint density at radius 1 is 1.09 bits per heavy atom. The van der Waals surface area contributed by atoms with E-state index in [1.54, 1.807) is 20.8 Å². The molecule has 0 radical (unpaired) electrons. The maximum Gasteiger partial charge on any atom is 0.413 e. The number of hydrogen-bond acceptors (Lipinski definition) is 8. The minimum absolute atomic E-state index is 0.0552. The Morgan fingerprint density at radius 2 is 1.72 bits per heavy atom. The van der Waals surface area contributed by atoms with E-state index in [1.807, 2.05) is 13.8 Å². The summed E-state index contributed by atoms with van der Waals surface area (Å²) in [7, 11) is 1.36. The van der Waals surface area contributed by atoms with Crippen molar-refractivity contribution in [2.45, 2.75) is 78.4 Å². The van der Waals surface area contributed by atoms with Crippen LogP contribution in [0.3, 0.4) is 0 Å². The molecule has 1 heterocycles. The smallest absolute Gasteiger partial charge is 0.410 e. The monoisotopic (exact) mass is 599 g/mol. The number of likely N-dealkylation sites (tertiary alicyclic amines) is 1. The van der Waals surface area contributed by atoms with Crippen molar-refractivity contribution < 1.29 is 33.6 Å². The van der Waals surface area contributed by atoms with Crippen molar-refractivity contribution >= 4 is 35.3 Å². The number of benzene rings is 1. The number of ether oxygens (including phenoxy) is 1. The van der Waals surface area contributed by atoms with Crippen LogP contribution in [-0.2, 0) is 19.2 Å². The lowest BCUT2D eigenvalue weighted by molar-refractivity contribution is -0.384. The molecule has 3 N–H and O–H groups in total. The van der Waals surface area contributed by atoms with E-state index in [2.05, 4.69) is 16.0 Å². The molecule has 13 nitrogen and oxygen atoms in total. The summed E-state index contributed by atoms with van der Waals surface area (Å²) in [5.41, 5.74) is -1.15. The Labute approximate surface area is 250 Å². The number of amides is 4. The van der Waals surface area contributed by atoms with E-state index in [9.17, 15) is 34.1 Å². The number of nitro benzene ring substituents is 1. The predicted octanol–water partition coefficient (Wildman–Crippen LogP) is 2.57. The molecule has 1 saturated heterocycles. The van der Waals surface area contributed by atoms with Crippen LogP contribution >= 0.6 is 0 Å². The summed E-state index contributed by atoms with van der Waals surface area (Å²) < 4.78 is 5.29. The van der Waals surface area contributed by atoms with Crippen LogP contribution in [0.25, 0.3) is 0 Å². The number of hydrogen-bond donors (Lipinski definition) is 3. The number of nitro groups is 1. The number of non-ortho nitro benzene ring substituents is 1. The number of piperidine rings is 1. The number of Topliss-reactive ketones (excluding diaryl/α,β-unsaturated/α-hetero) is 1. The van der Waals surface area contributed by atoms with Crippen LogP contribution in [0.2, 0.25) is 0 Å². The third-order valence-electron chi connectivity index (χ3n) is 9.27. The molecular weight excluding hydrogens is 558 g/mol. The molecule has 2 aliphatic carbocycles. The largest absolute Gasteiger partial charge is 0.413 e.